The fourth-order valence-electron chi connectivity index (χ4n) is 2.75. The fourth-order valence-corrected chi connectivity index (χ4v) is 3.01. The number of benzene rings is 2. The number of amides is 2. The van der Waals surface area contributed by atoms with E-state index in [0.717, 1.165) is 0 Å². The Morgan fingerprint density at radius 3 is 2.21 bits per heavy atom. The molecule has 0 unspecified atom stereocenters. The molecule has 0 fully saturated rings. The van der Waals surface area contributed by atoms with Crippen LogP contribution in [0.25, 0.3) is 5.69 Å². The van der Waals surface area contributed by atoms with Crippen LogP contribution in [0.4, 0.5) is 11.4 Å². The minimum absolute atomic E-state index is 0.0297. The van der Waals surface area contributed by atoms with Gasteiger partial charge < -0.3 is 24.7 Å². The van der Waals surface area contributed by atoms with Crippen LogP contribution in [0.15, 0.2) is 60.9 Å². The molecule has 8 heteroatoms. The van der Waals surface area contributed by atoms with E-state index in [1.807, 2.05) is 29.1 Å². The average Bonchev–Trinajstić information content (AvgIpc) is 3.24. The summed E-state index contributed by atoms with van der Waals surface area (Å²) >= 11 is 6.38. The number of aromatic nitrogens is 1. The zero-order valence-electron chi connectivity index (χ0n) is 15.9. The van der Waals surface area contributed by atoms with Crippen molar-refractivity contribution in [2.45, 2.75) is 0 Å². The van der Waals surface area contributed by atoms with Crippen LogP contribution < -0.4 is 15.4 Å². The number of rotatable bonds is 7. The maximum absolute atomic E-state index is 12.7. The topological polar surface area (TPSA) is 81.6 Å². The van der Waals surface area contributed by atoms with E-state index in [4.69, 9.17) is 21.1 Å². The Morgan fingerprint density at radius 2 is 1.62 bits per heavy atom. The lowest BCUT2D eigenvalue weighted by Crippen LogP contribution is -2.17. The molecule has 0 spiro atoms. The molecule has 2 aromatic carbocycles. The van der Waals surface area contributed by atoms with Crippen LogP contribution in [0.5, 0.6) is 5.75 Å². The molecule has 0 atom stereocenters. The molecule has 3 rings (SSSR count). The van der Waals surface area contributed by atoms with Gasteiger partial charge in [0, 0.05) is 36.9 Å². The Kier molecular flexibility index (Phi) is 6.54. The number of anilines is 2. The van der Waals surface area contributed by atoms with E-state index < -0.39 is 0 Å². The largest absolute Gasteiger partial charge is 0.496 e. The Bertz CT molecular complexity index is 1000. The second-order valence-electron chi connectivity index (χ2n) is 6.11. The lowest BCUT2D eigenvalue weighted by Gasteiger charge is -2.14. The summed E-state index contributed by atoms with van der Waals surface area (Å²) in [5.74, 6) is -0.218. The summed E-state index contributed by atoms with van der Waals surface area (Å²) in [6.45, 7) is -0.0297. The van der Waals surface area contributed by atoms with Crippen LogP contribution in [0.2, 0.25) is 5.02 Å². The highest BCUT2D eigenvalue weighted by Crippen LogP contribution is 2.30. The maximum atomic E-state index is 12.7. The molecule has 0 saturated carbocycles. The first kappa shape index (κ1) is 20.4. The number of methoxy groups -OCH3 is 2. The van der Waals surface area contributed by atoms with E-state index in [1.54, 1.807) is 36.4 Å². The molecule has 0 aliphatic heterocycles. The number of nitrogens with one attached hydrogen (secondary N) is 2. The SMILES string of the molecule is COCC(=O)Nc1ccc(NC(=O)c2cc(Cl)c(-n3cccc3)cc2OC)cc1. The normalized spacial score (nSPS) is 10.4. The fraction of sp³-hybridized carbons (Fsp3) is 0.143. The predicted octanol–water partition coefficient (Wildman–Crippen LogP) is 3.98. The zero-order chi connectivity index (χ0) is 20.8. The summed E-state index contributed by atoms with van der Waals surface area (Å²) in [6.07, 6.45) is 3.71. The van der Waals surface area contributed by atoms with E-state index in [1.165, 1.54) is 14.2 Å². The second kappa shape index (κ2) is 9.27. The summed E-state index contributed by atoms with van der Waals surface area (Å²) in [4.78, 5) is 24.3. The van der Waals surface area contributed by atoms with E-state index in [2.05, 4.69) is 10.6 Å². The molecule has 0 aliphatic carbocycles. The monoisotopic (exact) mass is 413 g/mol. The van der Waals surface area contributed by atoms with Crippen molar-refractivity contribution in [3.05, 3.63) is 71.5 Å². The summed E-state index contributed by atoms with van der Waals surface area (Å²) in [6, 6.07) is 13.8. The Hall–Kier alpha value is -3.29. The number of ether oxygens (including phenoxy) is 2. The van der Waals surface area contributed by atoms with Gasteiger partial charge in [-0.05, 0) is 42.5 Å². The third-order valence-corrected chi connectivity index (χ3v) is 4.40. The van der Waals surface area contributed by atoms with Gasteiger partial charge in [-0.2, -0.15) is 0 Å². The minimum Gasteiger partial charge on any atom is -0.496 e. The molecule has 0 saturated heterocycles. The highest BCUT2D eigenvalue weighted by molar-refractivity contribution is 6.33. The van der Waals surface area contributed by atoms with Crippen molar-refractivity contribution in [1.82, 2.24) is 4.57 Å². The van der Waals surface area contributed by atoms with Gasteiger partial charge in [0.25, 0.3) is 5.91 Å². The molecule has 150 valence electrons. The third kappa shape index (κ3) is 4.96. The Morgan fingerprint density at radius 1 is 1.00 bits per heavy atom. The van der Waals surface area contributed by atoms with Crippen molar-refractivity contribution < 1.29 is 19.1 Å². The molecule has 3 aromatic rings. The standard InChI is InChI=1S/C21H20ClN3O4/c1-28-13-20(26)23-14-5-7-15(8-6-14)24-21(27)16-11-17(22)18(12-19(16)29-2)25-9-3-4-10-25/h3-12H,13H2,1-2H3,(H,23,26)(H,24,27). The van der Waals surface area contributed by atoms with Gasteiger partial charge in [-0.15, -0.1) is 0 Å². The predicted molar refractivity (Wildman–Crippen MR) is 112 cm³/mol. The Labute approximate surface area is 173 Å². The smallest absolute Gasteiger partial charge is 0.259 e. The van der Waals surface area contributed by atoms with Crippen LogP contribution in [0.1, 0.15) is 10.4 Å². The molecule has 2 N–H and O–H groups in total. The maximum Gasteiger partial charge on any atom is 0.259 e. The van der Waals surface area contributed by atoms with Gasteiger partial charge in [-0.25, -0.2) is 0 Å². The molecule has 0 aliphatic rings. The molecular formula is C21H20ClN3O4. The highest BCUT2D eigenvalue weighted by Gasteiger charge is 2.17. The first-order chi connectivity index (χ1) is 14.0. The van der Waals surface area contributed by atoms with Crippen LogP contribution in [0, 0.1) is 0 Å². The van der Waals surface area contributed by atoms with Gasteiger partial charge in [0.15, 0.2) is 0 Å². The molecule has 0 bridgehead atoms. The highest BCUT2D eigenvalue weighted by atomic mass is 35.5. The number of carbonyl (C=O) groups is 2. The number of hydrogen-bond acceptors (Lipinski definition) is 4. The van der Waals surface area contributed by atoms with E-state index in [9.17, 15) is 9.59 Å². The third-order valence-electron chi connectivity index (χ3n) is 4.10. The van der Waals surface area contributed by atoms with Crippen molar-refractivity contribution in [2.24, 2.45) is 0 Å². The van der Waals surface area contributed by atoms with Gasteiger partial charge in [0.2, 0.25) is 5.91 Å². The van der Waals surface area contributed by atoms with Gasteiger partial charge >= 0.3 is 0 Å². The number of hydrogen-bond donors (Lipinski definition) is 2. The van der Waals surface area contributed by atoms with Gasteiger partial charge in [-0.3, -0.25) is 9.59 Å². The molecule has 0 radical (unpaired) electrons. The van der Waals surface area contributed by atoms with Gasteiger partial charge in [-0.1, -0.05) is 11.6 Å². The first-order valence-corrected chi connectivity index (χ1v) is 9.10. The number of carbonyl (C=O) groups excluding carboxylic acids is 2. The van der Waals surface area contributed by atoms with Crippen molar-refractivity contribution in [1.29, 1.82) is 0 Å². The molecule has 29 heavy (non-hydrogen) atoms. The molecule has 1 heterocycles. The summed E-state index contributed by atoms with van der Waals surface area (Å²) < 4.78 is 12.0. The molecule has 1 aromatic heterocycles. The van der Waals surface area contributed by atoms with Crippen molar-refractivity contribution in [3.63, 3.8) is 0 Å². The summed E-state index contributed by atoms with van der Waals surface area (Å²) in [5, 5.41) is 5.90. The summed E-state index contributed by atoms with van der Waals surface area (Å²) in [7, 11) is 2.95. The molecule has 2 amide bonds. The van der Waals surface area contributed by atoms with Gasteiger partial charge in [0.05, 0.1) is 23.4 Å². The lowest BCUT2D eigenvalue weighted by atomic mass is 10.1. The van der Waals surface area contributed by atoms with E-state index in [0.29, 0.717) is 33.4 Å². The van der Waals surface area contributed by atoms with Crippen LogP contribution in [-0.2, 0) is 9.53 Å². The van der Waals surface area contributed by atoms with Crippen molar-refractivity contribution >= 4 is 34.8 Å². The van der Waals surface area contributed by atoms with Crippen LogP contribution >= 0.6 is 11.6 Å². The number of halogens is 1. The molecular weight excluding hydrogens is 394 g/mol. The number of nitrogens with zero attached hydrogens (tertiary/aromatic N) is 1. The van der Waals surface area contributed by atoms with Gasteiger partial charge in [0.1, 0.15) is 12.4 Å². The van der Waals surface area contributed by atoms with Crippen LogP contribution in [-0.4, -0.2) is 37.2 Å². The average molecular weight is 414 g/mol. The lowest BCUT2D eigenvalue weighted by molar-refractivity contribution is -0.119. The van der Waals surface area contributed by atoms with Crippen molar-refractivity contribution in [3.8, 4) is 11.4 Å². The van der Waals surface area contributed by atoms with E-state index in [-0.39, 0.29) is 18.4 Å². The summed E-state index contributed by atoms with van der Waals surface area (Å²) in [5.41, 5.74) is 2.18. The Balaban J connectivity index is 1.76. The van der Waals surface area contributed by atoms with Crippen molar-refractivity contribution in [2.75, 3.05) is 31.5 Å². The zero-order valence-corrected chi connectivity index (χ0v) is 16.7. The molecule has 7 nitrogen and oxygen atoms in total. The first-order valence-electron chi connectivity index (χ1n) is 8.73. The minimum atomic E-state index is -0.362. The van der Waals surface area contributed by atoms with Crippen LogP contribution in [0.3, 0.4) is 0 Å². The second-order valence-corrected chi connectivity index (χ2v) is 6.51. The quantitative estimate of drug-likeness (QED) is 0.614. The van der Waals surface area contributed by atoms with E-state index >= 15 is 0 Å².